The standard InChI is InChI=1S/C14H14ClNO4/c1-8(2)20-14(18)10(7-16)4-9-5-11(15)13(17)12(6-9)19-3/h4-6,8,17H,1-3H3/b10-4-. The highest BCUT2D eigenvalue weighted by Gasteiger charge is 2.14. The van der Waals surface area contributed by atoms with E-state index in [4.69, 9.17) is 26.3 Å². The Morgan fingerprint density at radius 3 is 2.65 bits per heavy atom. The number of nitriles is 1. The molecule has 0 unspecified atom stereocenters. The minimum atomic E-state index is -0.717. The summed E-state index contributed by atoms with van der Waals surface area (Å²) in [6.07, 6.45) is 0.996. The summed E-state index contributed by atoms with van der Waals surface area (Å²) in [4.78, 5) is 11.7. The van der Waals surface area contributed by atoms with Crippen molar-refractivity contribution in [1.82, 2.24) is 0 Å². The Hall–Kier alpha value is -2.19. The first-order valence-electron chi connectivity index (χ1n) is 5.78. The number of hydrogen-bond acceptors (Lipinski definition) is 5. The third kappa shape index (κ3) is 3.90. The average molecular weight is 296 g/mol. The summed E-state index contributed by atoms with van der Waals surface area (Å²) in [5.74, 6) is -0.765. The number of rotatable bonds is 4. The predicted octanol–water partition coefficient (Wildman–Crippen LogP) is 2.91. The van der Waals surface area contributed by atoms with E-state index in [0.717, 1.165) is 0 Å². The van der Waals surface area contributed by atoms with E-state index in [-0.39, 0.29) is 28.2 Å². The molecular formula is C14H14ClNO4. The van der Waals surface area contributed by atoms with E-state index >= 15 is 0 Å². The molecule has 0 aliphatic heterocycles. The number of phenols is 1. The van der Waals surface area contributed by atoms with Gasteiger partial charge in [0.25, 0.3) is 0 Å². The average Bonchev–Trinajstić information content (AvgIpc) is 2.38. The van der Waals surface area contributed by atoms with Gasteiger partial charge in [-0.15, -0.1) is 0 Å². The number of halogens is 1. The third-order valence-electron chi connectivity index (χ3n) is 2.26. The highest BCUT2D eigenvalue weighted by molar-refractivity contribution is 6.32. The minimum Gasteiger partial charge on any atom is -0.503 e. The molecule has 0 saturated heterocycles. The topological polar surface area (TPSA) is 79.5 Å². The second-order valence-corrected chi connectivity index (χ2v) is 4.58. The molecule has 0 spiro atoms. The second kappa shape index (κ2) is 6.83. The zero-order valence-electron chi connectivity index (χ0n) is 11.3. The number of methoxy groups -OCH3 is 1. The number of nitrogens with zero attached hydrogens (tertiary/aromatic N) is 1. The van der Waals surface area contributed by atoms with Gasteiger partial charge in [-0.05, 0) is 37.6 Å². The van der Waals surface area contributed by atoms with Crippen LogP contribution in [0.2, 0.25) is 5.02 Å². The Balaban J connectivity index is 3.17. The van der Waals surface area contributed by atoms with Crippen LogP contribution in [0.5, 0.6) is 11.5 Å². The molecule has 1 aromatic carbocycles. The van der Waals surface area contributed by atoms with E-state index in [1.54, 1.807) is 19.9 Å². The zero-order valence-corrected chi connectivity index (χ0v) is 12.1. The van der Waals surface area contributed by atoms with Gasteiger partial charge in [0.1, 0.15) is 11.6 Å². The van der Waals surface area contributed by atoms with Crippen molar-refractivity contribution in [2.24, 2.45) is 0 Å². The number of hydrogen-bond donors (Lipinski definition) is 1. The Morgan fingerprint density at radius 2 is 2.15 bits per heavy atom. The van der Waals surface area contributed by atoms with Crippen molar-refractivity contribution in [3.63, 3.8) is 0 Å². The molecule has 20 heavy (non-hydrogen) atoms. The van der Waals surface area contributed by atoms with Crippen molar-refractivity contribution in [2.75, 3.05) is 7.11 Å². The fourth-order valence-electron chi connectivity index (χ4n) is 1.41. The van der Waals surface area contributed by atoms with Crippen molar-refractivity contribution >= 4 is 23.6 Å². The van der Waals surface area contributed by atoms with Gasteiger partial charge in [0.15, 0.2) is 11.5 Å². The van der Waals surface area contributed by atoms with Gasteiger partial charge in [-0.2, -0.15) is 5.26 Å². The Labute approximate surface area is 122 Å². The van der Waals surface area contributed by atoms with Crippen LogP contribution >= 0.6 is 11.6 Å². The molecule has 0 fully saturated rings. The maximum Gasteiger partial charge on any atom is 0.349 e. The minimum absolute atomic E-state index is 0.0603. The summed E-state index contributed by atoms with van der Waals surface area (Å²) in [5, 5.41) is 18.7. The lowest BCUT2D eigenvalue weighted by Gasteiger charge is -2.08. The van der Waals surface area contributed by atoms with Crippen molar-refractivity contribution < 1.29 is 19.4 Å². The lowest BCUT2D eigenvalue weighted by atomic mass is 10.1. The van der Waals surface area contributed by atoms with Gasteiger partial charge in [-0.1, -0.05) is 11.6 Å². The Kier molecular flexibility index (Phi) is 5.42. The van der Waals surface area contributed by atoms with Crippen LogP contribution in [0.4, 0.5) is 0 Å². The van der Waals surface area contributed by atoms with Gasteiger partial charge < -0.3 is 14.6 Å². The molecular weight excluding hydrogens is 282 g/mol. The molecule has 0 amide bonds. The monoisotopic (exact) mass is 295 g/mol. The molecule has 0 aliphatic rings. The molecule has 0 atom stereocenters. The molecule has 6 heteroatoms. The van der Waals surface area contributed by atoms with E-state index in [9.17, 15) is 9.90 Å². The summed E-state index contributed by atoms with van der Waals surface area (Å²) in [5.41, 5.74) is 0.282. The molecule has 0 aliphatic carbocycles. The number of ether oxygens (including phenoxy) is 2. The number of carbonyl (C=O) groups is 1. The van der Waals surface area contributed by atoms with Gasteiger partial charge in [0.05, 0.1) is 18.2 Å². The molecule has 106 valence electrons. The molecule has 5 nitrogen and oxygen atoms in total. The molecule has 0 bridgehead atoms. The quantitative estimate of drug-likeness (QED) is 0.525. The molecule has 0 radical (unpaired) electrons. The van der Waals surface area contributed by atoms with Crippen molar-refractivity contribution in [2.45, 2.75) is 20.0 Å². The van der Waals surface area contributed by atoms with Crippen LogP contribution in [0.1, 0.15) is 19.4 Å². The first-order valence-corrected chi connectivity index (χ1v) is 6.16. The first-order chi connectivity index (χ1) is 9.38. The number of aromatic hydroxyl groups is 1. The largest absolute Gasteiger partial charge is 0.503 e. The molecule has 0 aromatic heterocycles. The second-order valence-electron chi connectivity index (χ2n) is 4.18. The fourth-order valence-corrected chi connectivity index (χ4v) is 1.63. The number of esters is 1. The van der Waals surface area contributed by atoms with E-state index in [1.807, 2.05) is 0 Å². The Morgan fingerprint density at radius 1 is 1.50 bits per heavy atom. The fraction of sp³-hybridized carbons (Fsp3) is 0.286. The van der Waals surface area contributed by atoms with Crippen molar-refractivity contribution in [1.29, 1.82) is 5.26 Å². The van der Waals surface area contributed by atoms with Crippen molar-refractivity contribution in [3.8, 4) is 17.6 Å². The highest BCUT2D eigenvalue weighted by atomic mass is 35.5. The highest BCUT2D eigenvalue weighted by Crippen LogP contribution is 2.35. The summed E-state index contributed by atoms with van der Waals surface area (Å²) < 4.78 is 9.89. The number of phenolic OH excluding ortho intramolecular Hbond substituents is 1. The van der Waals surface area contributed by atoms with Crippen molar-refractivity contribution in [3.05, 3.63) is 28.3 Å². The van der Waals surface area contributed by atoms with Crippen LogP contribution in [0, 0.1) is 11.3 Å². The summed E-state index contributed by atoms with van der Waals surface area (Å²) in [6, 6.07) is 4.64. The van der Waals surface area contributed by atoms with Crippen LogP contribution in [0.25, 0.3) is 6.08 Å². The third-order valence-corrected chi connectivity index (χ3v) is 2.55. The van der Waals surface area contributed by atoms with Gasteiger partial charge in [0, 0.05) is 0 Å². The smallest absolute Gasteiger partial charge is 0.349 e. The number of carbonyl (C=O) groups excluding carboxylic acids is 1. The summed E-state index contributed by atoms with van der Waals surface area (Å²) in [7, 11) is 1.37. The maximum absolute atomic E-state index is 11.7. The van der Waals surface area contributed by atoms with Gasteiger partial charge in [0.2, 0.25) is 0 Å². The molecule has 0 saturated carbocycles. The van der Waals surface area contributed by atoms with E-state index in [0.29, 0.717) is 5.56 Å². The maximum atomic E-state index is 11.7. The van der Waals surface area contributed by atoms with Gasteiger partial charge in [-0.3, -0.25) is 0 Å². The van der Waals surface area contributed by atoms with Crippen LogP contribution in [-0.4, -0.2) is 24.3 Å². The Bertz CT molecular complexity index is 588. The van der Waals surface area contributed by atoms with E-state index in [1.165, 1.54) is 25.3 Å². The van der Waals surface area contributed by atoms with Gasteiger partial charge in [-0.25, -0.2) is 4.79 Å². The summed E-state index contributed by atoms with van der Waals surface area (Å²) >= 11 is 5.83. The van der Waals surface area contributed by atoms with E-state index in [2.05, 4.69) is 0 Å². The first kappa shape index (κ1) is 15.9. The molecule has 1 aromatic rings. The predicted molar refractivity (Wildman–Crippen MR) is 74.5 cm³/mol. The van der Waals surface area contributed by atoms with Gasteiger partial charge >= 0.3 is 5.97 Å². The zero-order chi connectivity index (χ0) is 15.3. The number of benzene rings is 1. The van der Waals surface area contributed by atoms with Crippen LogP contribution < -0.4 is 4.74 Å². The molecule has 1 rings (SSSR count). The lowest BCUT2D eigenvalue weighted by Crippen LogP contribution is -2.12. The lowest BCUT2D eigenvalue weighted by molar-refractivity contribution is -0.142. The molecule has 1 N–H and O–H groups in total. The normalized spacial score (nSPS) is 11.1. The summed E-state index contributed by atoms with van der Waals surface area (Å²) in [6.45, 7) is 3.38. The van der Waals surface area contributed by atoms with Crippen LogP contribution in [0.15, 0.2) is 17.7 Å². The van der Waals surface area contributed by atoms with E-state index < -0.39 is 5.97 Å². The molecule has 0 heterocycles. The van der Waals surface area contributed by atoms with Crippen LogP contribution in [0.3, 0.4) is 0 Å². The SMILES string of the molecule is COc1cc(/C=C(/C#N)C(=O)OC(C)C)cc(Cl)c1O. The van der Waals surface area contributed by atoms with Crippen LogP contribution in [-0.2, 0) is 9.53 Å².